The molecule has 0 spiro atoms. The van der Waals surface area contributed by atoms with E-state index in [4.69, 9.17) is 10.5 Å². The predicted octanol–water partition coefficient (Wildman–Crippen LogP) is 15.2. The van der Waals surface area contributed by atoms with Gasteiger partial charge in [-0.2, -0.15) is 0 Å². The van der Waals surface area contributed by atoms with Crippen molar-refractivity contribution in [1.29, 1.82) is 0 Å². The van der Waals surface area contributed by atoms with Gasteiger partial charge in [-0.05, 0) is 83.6 Å². The van der Waals surface area contributed by atoms with Crippen LogP contribution in [0.2, 0.25) is 0 Å². The van der Waals surface area contributed by atoms with Crippen LogP contribution in [-0.4, -0.2) is 41.6 Å². The first-order valence-electron chi connectivity index (χ1n) is 25.7. The molecule has 0 aromatic heterocycles. The van der Waals surface area contributed by atoms with Crippen molar-refractivity contribution in [3.05, 3.63) is 24.3 Å². The van der Waals surface area contributed by atoms with Crippen LogP contribution in [0.4, 0.5) is 0 Å². The number of esters is 1. The van der Waals surface area contributed by atoms with Crippen molar-refractivity contribution in [2.75, 3.05) is 6.54 Å². The highest BCUT2D eigenvalue weighted by molar-refractivity contribution is 5.83. The third-order valence-corrected chi connectivity index (χ3v) is 11.8. The second-order valence-corrected chi connectivity index (χ2v) is 17.6. The first-order chi connectivity index (χ1) is 28.9. The molecule has 0 rings (SSSR count). The van der Waals surface area contributed by atoms with Crippen molar-refractivity contribution in [2.45, 2.75) is 283 Å². The minimum absolute atomic E-state index is 0.0270. The van der Waals surface area contributed by atoms with E-state index in [1.54, 1.807) is 0 Å². The molecule has 7 heteroatoms. The van der Waals surface area contributed by atoms with Gasteiger partial charge < -0.3 is 20.9 Å². The predicted molar refractivity (Wildman–Crippen MR) is 253 cm³/mol. The van der Waals surface area contributed by atoms with E-state index >= 15 is 0 Å². The number of nitrogens with one attached hydrogen (secondary N) is 1. The average Bonchev–Trinajstić information content (AvgIpc) is 3.22. The summed E-state index contributed by atoms with van der Waals surface area (Å²) in [7, 11) is 0. The number of allylic oxidation sites excluding steroid dienone is 4. The molecule has 59 heavy (non-hydrogen) atoms. The van der Waals surface area contributed by atoms with Crippen LogP contribution in [0.15, 0.2) is 24.3 Å². The molecule has 0 saturated heterocycles. The lowest BCUT2D eigenvalue weighted by Crippen LogP contribution is -2.40. The van der Waals surface area contributed by atoms with Crippen LogP contribution in [0.1, 0.15) is 271 Å². The second-order valence-electron chi connectivity index (χ2n) is 17.6. The summed E-state index contributed by atoms with van der Waals surface area (Å²) in [4.78, 5) is 36.5. The van der Waals surface area contributed by atoms with Crippen LogP contribution < -0.4 is 11.1 Å². The third-order valence-electron chi connectivity index (χ3n) is 11.8. The summed E-state index contributed by atoms with van der Waals surface area (Å²) in [6.07, 6.45) is 55.3. The van der Waals surface area contributed by atoms with Crippen LogP contribution >= 0.6 is 0 Å². The molecule has 346 valence electrons. The fourth-order valence-electron chi connectivity index (χ4n) is 7.90. The van der Waals surface area contributed by atoms with Crippen LogP contribution in [0, 0.1) is 0 Å². The molecule has 2 unspecified atom stereocenters. The molecule has 0 aromatic carbocycles. The maximum Gasteiger partial charge on any atom is 0.326 e. The summed E-state index contributed by atoms with van der Waals surface area (Å²) in [5.74, 6) is -1.25. The van der Waals surface area contributed by atoms with Gasteiger partial charge in [-0.15, -0.1) is 0 Å². The first-order valence-corrected chi connectivity index (χ1v) is 25.7. The number of carboxylic acid groups (broad SMARTS) is 1. The Bertz CT molecular complexity index is 982. The maximum absolute atomic E-state index is 12.9. The van der Waals surface area contributed by atoms with Gasteiger partial charge in [0.2, 0.25) is 5.91 Å². The number of rotatable bonds is 47. The number of carbonyl (C=O) groups is 3. The van der Waals surface area contributed by atoms with E-state index in [1.807, 2.05) is 0 Å². The number of ether oxygens (including phenoxy) is 1. The van der Waals surface area contributed by atoms with Gasteiger partial charge >= 0.3 is 11.9 Å². The monoisotopic (exact) mass is 831 g/mol. The first kappa shape index (κ1) is 56.9. The Morgan fingerprint density at radius 2 is 0.898 bits per heavy atom. The molecule has 0 aromatic rings. The summed E-state index contributed by atoms with van der Waals surface area (Å²) in [6.45, 7) is 4.96. The molecule has 0 radical (unpaired) electrons. The minimum Gasteiger partial charge on any atom is -0.480 e. The molecular formula is C52H98N2O5. The zero-order valence-electron chi connectivity index (χ0n) is 39.1. The highest BCUT2D eigenvalue weighted by atomic mass is 16.5. The zero-order valence-corrected chi connectivity index (χ0v) is 39.1. The molecule has 0 aliphatic heterocycles. The maximum atomic E-state index is 12.9. The SMILES string of the molecule is CCCCCCC/C=C\C/C=C\CCCC(CCCCCCCC(=O)NC(CCCN)C(=O)O)OC(=O)CCCCCCCCCCCCCCCCCCCCCC. The van der Waals surface area contributed by atoms with Gasteiger partial charge in [0.25, 0.3) is 0 Å². The van der Waals surface area contributed by atoms with Crippen molar-refractivity contribution in [1.82, 2.24) is 5.32 Å². The molecule has 7 nitrogen and oxygen atoms in total. The number of carboxylic acids is 1. The van der Waals surface area contributed by atoms with Gasteiger partial charge in [0.05, 0.1) is 0 Å². The standard InChI is InChI=1S/C52H98N2O5/c1-3-5-7-9-11-13-15-17-18-19-20-21-22-23-25-27-29-31-36-40-46-51(56)59-48(42-37-33-30-28-26-24-16-14-12-10-8-6-4-2)43-38-34-32-35-39-45-50(55)54-49(52(57)58)44-41-47-53/h16,24,28,30,48-49H,3-15,17-23,25-27,29,31-47,53H2,1-2H3,(H,54,55)(H,57,58)/b24-16-,30-28-. The van der Waals surface area contributed by atoms with E-state index in [0.717, 1.165) is 77.0 Å². The molecule has 2 atom stereocenters. The Kier molecular flexibility index (Phi) is 45.2. The van der Waals surface area contributed by atoms with Crippen molar-refractivity contribution >= 4 is 17.8 Å². The fourth-order valence-corrected chi connectivity index (χ4v) is 7.90. The minimum atomic E-state index is -1.00. The third kappa shape index (κ3) is 43.7. The van der Waals surface area contributed by atoms with Gasteiger partial charge in [0.15, 0.2) is 0 Å². The normalized spacial score (nSPS) is 12.7. The molecule has 0 aliphatic carbocycles. The summed E-state index contributed by atoms with van der Waals surface area (Å²) in [5, 5.41) is 12.0. The largest absolute Gasteiger partial charge is 0.480 e. The van der Waals surface area contributed by atoms with Crippen molar-refractivity contribution in [2.24, 2.45) is 5.73 Å². The van der Waals surface area contributed by atoms with E-state index in [-0.39, 0.29) is 18.0 Å². The number of aliphatic carboxylic acids is 1. The average molecular weight is 831 g/mol. The van der Waals surface area contributed by atoms with Gasteiger partial charge in [0.1, 0.15) is 12.1 Å². The molecule has 0 heterocycles. The van der Waals surface area contributed by atoms with E-state index in [0.29, 0.717) is 32.2 Å². The van der Waals surface area contributed by atoms with Crippen LogP contribution in [-0.2, 0) is 19.1 Å². The van der Waals surface area contributed by atoms with Crippen molar-refractivity contribution < 1.29 is 24.2 Å². The fraction of sp³-hybridized carbons (Fsp3) is 0.865. The van der Waals surface area contributed by atoms with Gasteiger partial charge in [-0.3, -0.25) is 9.59 Å². The lowest BCUT2D eigenvalue weighted by atomic mass is 10.0. The summed E-state index contributed by atoms with van der Waals surface area (Å²) < 4.78 is 6.06. The number of nitrogens with two attached hydrogens (primary N) is 1. The number of hydrogen-bond acceptors (Lipinski definition) is 5. The molecule has 1 amide bonds. The Morgan fingerprint density at radius 1 is 0.492 bits per heavy atom. The molecule has 0 saturated carbocycles. The smallest absolute Gasteiger partial charge is 0.326 e. The van der Waals surface area contributed by atoms with Gasteiger partial charge in [0, 0.05) is 12.8 Å². The van der Waals surface area contributed by atoms with Crippen LogP contribution in [0.3, 0.4) is 0 Å². The van der Waals surface area contributed by atoms with Crippen molar-refractivity contribution in [3.8, 4) is 0 Å². The lowest BCUT2D eigenvalue weighted by Gasteiger charge is -2.18. The Hall–Kier alpha value is -2.15. The Labute approximate surface area is 365 Å². The van der Waals surface area contributed by atoms with E-state index in [1.165, 1.54) is 154 Å². The molecule has 0 aliphatic rings. The molecule has 0 fully saturated rings. The molecular weight excluding hydrogens is 733 g/mol. The lowest BCUT2D eigenvalue weighted by molar-refractivity contribution is -0.150. The summed E-state index contributed by atoms with van der Waals surface area (Å²) in [5.41, 5.74) is 5.50. The van der Waals surface area contributed by atoms with E-state index in [2.05, 4.69) is 43.5 Å². The highest BCUT2D eigenvalue weighted by Gasteiger charge is 2.19. The number of unbranched alkanes of at least 4 members (excludes halogenated alkanes) is 29. The van der Waals surface area contributed by atoms with Gasteiger partial charge in [-0.25, -0.2) is 4.79 Å². The quantitative estimate of drug-likeness (QED) is 0.0319. The Morgan fingerprint density at radius 3 is 1.37 bits per heavy atom. The summed E-state index contributed by atoms with van der Waals surface area (Å²) in [6, 6.07) is -0.860. The zero-order chi connectivity index (χ0) is 43.1. The van der Waals surface area contributed by atoms with E-state index < -0.39 is 12.0 Å². The highest BCUT2D eigenvalue weighted by Crippen LogP contribution is 2.19. The summed E-state index contributed by atoms with van der Waals surface area (Å²) >= 11 is 0. The number of hydrogen-bond donors (Lipinski definition) is 3. The van der Waals surface area contributed by atoms with Crippen molar-refractivity contribution in [3.63, 3.8) is 0 Å². The van der Waals surface area contributed by atoms with Gasteiger partial charge in [-0.1, -0.05) is 205 Å². The van der Waals surface area contributed by atoms with Crippen LogP contribution in [0.25, 0.3) is 0 Å². The van der Waals surface area contributed by atoms with E-state index in [9.17, 15) is 19.5 Å². The number of amides is 1. The molecule has 4 N–H and O–H groups in total. The molecule has 0 bridgehead atoms. The topological polar surface area (TPSA) is 119 Å². The Balaban J connectivity index is 4.25. The van der Waals surface area contributed by atoms with Crippen LogP contribution in [0.5, 0.6) is 0 Å². The number of carbonyl (C=O) groups excluding carboxylic acids is 2. The second kappa shape index (κ2) is 46.9.